The van der Waals surface area contributed by atoms with Crippen molar-refractivity contribution in [3.63, 3.8) is 0 Å². The minimum absolute atomic E-state index is 0.329. The van der Waals surface area contributed by atoms with E-state index in [1.165, 1.54) is 38.5 Å². The summed E-state index contributed by atoms with van der Waals surface area (Å²) >= 11 is 0. The molecule has 2 N–H and O–H groups in total. The van der Waals surface area contributed by atoms with E-state index in [-0.39, 0.29) is 0 Å². The number of rotatable bonds is 3. The highest BCUT2D eigenvalue weighted by molar-refractivity contribution is 5.13. The fraction of sp³-hybridized carbons (Fsp3) is 0.882. The highest BCUT2D eigenvalue weighted by atomic mass is 14.8. The van der Waals surface area contributed by atoms with Gasteiger partial charge in [0.25, 0.3) is 0 Å². The third-order valence-corrected chi connectivity index (χ3v) is 6.06. The van der Waals surface area contributed by atoms with E-state index in [0.717, 1.165) is 18.8 Å². The lowest BCUT2D eigenvalue weighted by atomic mass is 9.39. The summed E-state index contributed by atoms with van der Waals surface area (Å²) in [7, 11) is 0. The van der Waals surface area contributed by atoms with Crippen LogP contribution in [0.1, 0.15) is 65.2 Å². The van der Waals surface area contributed by atoms with Gasteiger partial charge in [-0.25, -0.2) is 0 Å². The molecule has 0 aromatic heterocycles. The Morgan fingerprint density at radius 3 is 2.28 bits per heavy atom. The van der Waals surface area contributed by atoms with Gasteiger partial charge in [-0.1, -0.05) is 13.8 Å². The Kier molecular flexibility index (Phi) is 2.62. The molecule has 1 nitrogen and oxygen atoms in total. The molecule has 0 amide bonds. The molecule has 18 heavy (non-hydrogen) atoms. The third-order valence-electron chi connectivity index (χ3n) is 6.06. The van der Waals surface area contributed by atoms with Crippen LogP contribution in [0.3, 0.4) is 0 Å². The summed E-state index contributed by atoms with van der Waals surface area (Å²) in [6.07, 6.45) is 15.7. The topological polar surface area (TPSA) is 26.0 Å². The van der Waals surface area contributed by atoms with Gasteiger partial charge >= 0.3 is 0 Å². The van der Waals surface area contributed by atoms with Crippen LogP contribution in [-0.2, 0) is 0 Å². The molecule has 4 rings (SSSR count). The highest BCUT2D eigenvalue weighted by Gasteiger charge is 2.61. The lowest BCUT2D eigenvalue weighted by Crippen LogP contribution is -2.60. The van der Waals surface area contributed by atoms with E-state index in [0.29, 0.717) is 22.3 Å². The van der Waals surface area contributed by atoms with Crippen LogP contribution in [0, 0.1) is 34.5 Å². The van der Waals surface area contributed by atoms with Crippen LogP contribution < -0.4 is 5.73 Å². The molecule has 4 aliphatic carbocycles. The molecular formula is C17H27N. The van der Waals surface area contributed by atoms with E-state index >= 15 is 0 Å². The monoisotopic (exact) mass is 245 g/mol. The zero-order valence-corrected chi connectivity index (χ0v) is 12.0. The Balaban J connectivity index is 1.87. The van der Waals surface area contributed by atoms with E-state index in [1.54, 1.807) is 0 Å². The van der Waals surface area contributed by atoms with E-state index in [1.807, 2.05) is 0 Å². The predicted octanol–water partition coefficient (Wildman–Crippen LogP) is 3.72. The Morgan fingerprint density at radius 1 is 1.17 bits per heavy atom. The SMILES string of the molecule is C#CCCC(N)C12CC3CC(C)(CC(C)(C3)C1)C2. The van der Waals surface area contributed by atoms with Crippen LogP contribution >= 0.6 is 0 Å². The second-order valence-electron chi connectivity index (χ2n) is 8.34. The van der Waals surface area contributed by atoms with Crippen molar-refractivity contribution < 1.29 is 0 Å². The lowest BCUT2D eigenvalue weighted by molar-refractivity contribution is -0.154. The van der Waals surface area contributed by atoms with E-state index < -0.39 is 0 Å². The standard InChI is InChI=1S/C17H27N/c1-4-5-6-14(18)17-9-13-7-15(2,11-17)10-16(3,8-13)12-17/h1,13-14H,5-12,18H2,2-3H3. The number of terminal acetylenes is 1. The number of hydrogen-bond acceptors (Lipinski definition) is 1. The Labute approximate surface area is 112 Å². The Morgan fingerprint density at radius 2 is 1.78 bits per heavy atom. The first-order valence-corrected chi connectivity index (χ1v) is 7.58. The van der Waals surface area contributed by atoms with Gasteiger partial charge in [-0.2, -0.15) is 0 Å². The van der Waals surface area contributed by atoms with Crippen LogP contribution in [0.5, 0.6) is 0 Å². The zero-order chi connectivity index (χ0) is 13.0. The number of nitrogens with two attached hydrogens (primary N) is 1. The van der Waals surface area contributed by atoms with Crippen molar-refractivity contribution in [3.05, 3.63) is 0 Å². The normalized spacial score (nSPS) is 51.1. The highest BCUT2D eigenvalue weighted by Crippen LogP contribution is 2.70. The zero-order valence-electron chi connectivity index (χ0n) is 12.0. The van der Waals surface area contributed by atoms with Gasteiger partial charge < -0.3 is 5.73 Å². The maximum absolute atomic E-state index is 6.58. The number of hydrogen-bond donors (Lipinski definition) is 1. The molecule has 4 bridgehead atoms. The molecule has 0 saturated heterocycles. The second-order valence-corrected chi connectivity index (χ2v) is 8.34. The predicted molar refractivity (Wildman–Crippen MR) is 75.9 cm³/mol. The Bertz CT molecular complexity index is 373. The van der Waals surface area contributed by atoms with Crippen molar-refractivity contribution in [2.24, 2.45) is 27.9 Å². The van der Waals surface area contributed by atoms with Crippen molar-refractivity contribution in [1.29, 1.82) is 0 Å². The molecule has 0 aromatic carbocycles. The van der Waals surface area contributed by atoms with Crippen LogP contribution in [0.4, 0.5) is 0 Å². The lowest BCUT2D eigenvalue weighted by Gasteiger charge is -2.67. The van der Waals surface area contributed by atoms with Gasteiger partial charge in [-0.15, -0.1) is 12.3 Å². The molecule has 4 aliphatic rings. The first-order chi connectivity index (χ1) is 8.39. The van der Waals surface area contributed by atoms with Crippen molar-refractivity contribution >= 4 is 0 Å². The summed E-state index contributed by atoms with van der Waals surface area (Å²) in [5.74, 6) is 3.71. The van der Waals surface area contributed by atoms with Crippen molar-refractivity contribution in [2.75, 3.05) is 0 Å². The summed E-state index contributed by atoms with van der Waals surface area (Å²) < 4.78 is 0. The minimum Gasteiger partial charge on any atom is -0.327 e. The molecule has 3 atom stereocenters. The maximum atomic E-state index is 6.58. The molecule has 0 aliphatic heterocycles. The van der Waals surface area contributed by atoms with Crippen LogP contribution in [-0.4, -0.2) is 6.04 Å². The first-order valence-electron chi connectivity index (χ1n) is 7.58. The molecule has 4 saturated carbocycles. The summed E-state index contributed by atoms with van der Waals surface area (Å²) in [5.41, 5.74) is 8.14. The average Bonchev–Trinajstić information content (AvgIpc) is 2.20. The van der Waals surface area contributed by atoms with E-state index in [2.05, 4.69) is 19.8 Å². The fourth-order valence-electron chi connectivity index (χ4n) is 6.49. The fourth-order valence-corrected chi connectivity index (χ4v) is 6.49. The largest absolute Gasteiger partial charge is 0.327 e. The molecule has 4 fully saturated rings. The van der Waals surface area contributed by atoms with E-state index in [4.69, 9.17) is 12.2 Å². The van der Waals surface area contributed by atoms with Crippen LogP contribution in [0.15, 0.2) is 0 Å². The van der Waals surface area contributed by atoms with Gasteiger partial charge in [-0.3, -0.25) is 0 Å². The van der Waals surface area contributed by atoms with Crippen molar-refractivity contribution in [1.82, 2.24) is 0 Å². The summed E-state index contributed by atoms with van der Waals surface area (Å²) in [5, 5.41) is 0. The summed E-state index contributed by atoms with van der Waals surface area (Å²) in [6.45, 7) is 5.02. The Hall–Kier alpha value is -0.480. The van der Waals surface area contributed by atoms with E-state index in [9.17, 15) is 0 Å². The molecule has 0 aromatic rings. The van der Waals surface area contributed by atoms with Gasteiger partial charge in [0.2, 0.25) is 0 Å². The van der Waals surface area contributed by atoms with Crippen molar-refractivity contribution in [3.8, 4) is 12.3 Å². The van der Waals surface area contributed by atoms with Gasteiger partial charge in [0.15, 0.2) is 0 Å². The summed E-state index contributed by atoms with van der Waals surface area (Å²) in [4.78, 5) is 0. The molecule has 1 heteroatoms. The molecule has 100 valence electrons. The average molecular weight is 245 g/mol. The molecular weight excluding hydrogens is 218 g/mol. The molecule has 0 spiro atoms. The molecule has 0 heterocycles. The van der Waals surface area contributed by atoms with Crippen LogP contribution in [0.25, 0.3) is 0 Å². The minimum atomic E-state index is 0.329. The van der Waals surface area contributed by atoms with Gasteiger partial charge in [0, 0.05) is 12.5 Å². The molecule has 3 unspecified atom stereocenters. The second kappa shape index (κ2) is 3.76. The smallest absolute Gasteiger partial charge is 0.0105 e. The third kappa shape index (κ3) is 1.81. The quantitative estimate of drug-likeness (QED) is 0.753. The molecule has 0 radical (unpaired) electrons. The van der Waals surface area contributed by atoms with Gasteiger partial charge in [-0.05, 0) is 67.1 Å². The van der Waals surface area contributed by atoms with Gasteiger partial charge in [0.1, 0.15) is 0 Å². The van der Waals surface area contributed by atoms with Crippen molar-refractivity contribution in [2.45, 2.75) is 71.3 Å². The first kappa shape index (κ1) is 12.5. The maximum Gasteiger partial charge on any atom is 0.0105 e. The van der Waals surface area contributed by atoms with Crippen LogP contribution in [0.2, 0.25) is 0 Å². The summed E-state index contributed by atoms with van der Waals surface area (Å²) in [6, 6.07) is 0.329. The van der Waals surface area contributed by atoms with Gasteiger partial charge in [0.05, 0.1) is 0 Å².